The van der Waals surface area contributed by atoms with Gasteiger partial charge in [-0.05, 0) is 31.0 Å². The van der Waals surface area contributed by atoms with Crippen molar-refractivity contribution in [1.29, 1.82) is 0 Å². The number of alkyl halides is 3. The van der Waals surface area contributed by atoms with Crippen molar-refractivity contribution in [1.82, 2.24) is 5.32 Å². The fourth-order valence-corrected chi connectivity index (χ4v) is 3.33. The summed E-state index contributed by atoms with van der Waals surface area (Å²) in [7, 11) is -3.79. The van der Waals surface area contributed by atoms with Gasteiger partial charge in [0.2, 0.25) is 15.9 Å². The topological polar surface area (TPSA) is 66.5 Å². The van der Waals surface area contributed by atoms with E-state index in [2.05, 4.69) is 5.32 Å². The van der Waals surface area contributed by atoms with E-state index in [9.17, 15) is 26.4 Å². The van der Waals surface area contributed by atoms with Crippen LogP contribution in [0.1, 0.15) is 32.3 Å². The average Bonchev–Trinajstić information content (AvgIpc) is 2.51. The molecule has 0 aliphatic rings. The quantitative estimate of drug-likeness (QED) is 0.754. The maximum Gasteiger partial charge on any atom is 0.416 e. The number of carbonyl (C=O) groups is 1. The van der Waals surface area contributed by atoms with Crippen LogP contribution in [0.2, 0.25) is 0 Å². The Kier molecular flexibility index (Phi) is 7.28. The molecule has 1 amide bonds. The zero-order chi connectivity index (χ0) is 19.3. The number of sulfonamides is 1. The van der Waals surface area contributed by atoms with Crippen LogP contribution in [0.4, 0.5) is 18.9 Å². The van der Waals surface area contributed by atoms with Crippen molar-refractivity contribution in [2.24, 2.45) is 5.92 Å². The second-order valence-corrected chi connectivity index (χ2v) is 7.59. The molecular formula is C16H23F3N2O3S. The summed E-state index contributed by atoms with van der Waals surface area (Å²) in [6.07, 6.45) is -2.34. The maximum absolute atomic E-state index is 12.8. The summed E-state index contributed by atoms with van der Waals surface area (Å²) < 4.78 is 63.2. The van der Waals surface area contributed by atoms with E-state index < -0.39 is 21.8 Å². The lowest BCUT2D eigenvalue weighted by Crippen LogP contribution is -2.40. The lowest BCUT2D eigenvalue weighted by atomic mass is 10.0. The van der Waals surface area contributed by atoms with E-state index in [0.29, 0.717) is 12.8 Å². The Morgan fingerprint density at radius 3 is 2.32 bits per heavy atom. The molecule has 1 N–H and O–H groups in total. The highest BCUT2D eigenvalue weighted by Crippen LogP contribution is 2.32. The van der Waals surface area contributed by atoms with Gasteiger partial charge >= 0.3 is 6.18 Å². The Labute approximate surface area is 146 Å². The molecule has 0 aromatic heterocycles. The van der Waals surface area contributed by atoms with Gasteiger partial charge in [-0.2, -0.15) is 13.2 Å². The smallest absolute Gasteiger partial charge is 0.354 e. The summed E-state index contributed by atoms with van der Waals surface area (Å²) in [6, 6.07) is 4.10. The minimum Gasteiger partial charge on any atom is -0.354 e. The van der Waals surface area contributed by atoms with Gasteiger partial charge in [-0.15, -0.1) is 0 Å². The SMILES string of the molecule is CCC(CC)C(=O)NCCN(c1cccc(C(F)(F)F)c1)S(C)(=O)=O. The molecule has 0 aliphatic carbocycles. The summed E-state index contributed by atoms with van der Waals surface area (Å²) in [5, 5.41) is 2.63. The molecule has 142 valence electrons. The van der Waals surface area contributed by atoms with Crippen molar-refractivity contribution < 1.29 is 26.4 Å². The third-order valence-corrected chi connectivity index (χ3v) is 5.03. The minimum absolute atomic E-state index is 0.0125. The molecule has 0 unspecified atom stereocenters. The molecule has 0 atom stereocenters. The number of nitrogens with one attached hydrogen (secondary N) is 1. The van der Waals surface area contributed by atoms with Gasteiger partial charge in [-0.25, -0.2) is 8.42 Å². The summed E-state index contributed by atoms with van der Waals surface area (Å²) in [6.45, 7) is 3.61. The Morgan fingerprint density at radius 2 is 1.84 bits per heavy atom. The van der Waals surface area contributed by atoms with E-state index in [1.54, 1.807) is 0 Å². The molecule has 0 spiro atoms. The van der Waals surface area contributed by atoms with Gasteiger partial charge in [-0.1, -0.05) is 19.9 Å². The van der Waals surface area contributed by atoms with E-state index in [4.69, 9.17) is 0 Å². The van der Waals surface area contributed by atoms with E-state index in [0.717, 1.165) is 28.8 Å². The Hall–Kier alpha value is -1.77. The number of benzene rings is 1. The first-order chi connectivity index (χ1) is 11.5. The third kappa shape index (κ3) is 6.22. The van der Waals surface area contributed by atoms with Gasteiger partial charge in [0.1, 0.15) is 0 Å². The highest BCUT2D eigenvalue weighted by atomic mass is 32.2. The van der Waals surface area contributed by atoms with Crippen molar-refractivity contribution in [3.05, 3.63) is 29.8 Å². The summed E-state index contributed by atoms with van der Waals surface area (Å²) in [5.41, 5.74) is -1.02. The first-order valence-electron chi connectivity index (χ1n) is 7.93. The van der Waals surface area contributed by atoms with E-state index in [-0.39, 0.29) is 30.6 Å². The molecule has 0 saturated carbocycles. The first-order valence-corrected chi connectivity index (χ1v) is 9.78. The van der Waals surface area contributed by atoms with E-state index in [1.165, 1.54) is 6.07 Å². The predicted molar refractivity (Wildman–Crippen MR) is 90.7 cm³/mol. The Morgan fingerprint density at radius 1 is 1.24 bits per heavy atom. The fourth-order valence-electron chi connectivity index (χ4n) is 2.41. The summed E-state index contributed by atoms with van der Waals surface area (Å²) in [5.74, 6) is -0.359. The lowest BCUT2D eigenvalue weighted by molar-refractivity contribution is -0.137. The number of nitrogens with zero attached hydrogens (tertiary/aromatic N) is 1. The van der Waals surface area contributed by atoms with Gasteiger partial charge in [0.25, 0.3) is 0 Å². The van der Waals surface area contributed by atoms with Crippen molar-refractivity contribution >= 4 is 21.6 Å². The van der Waals surface area contributed by atoms with Crippen LogP contribution in [0.25, 0.3) is 0 Å². The molecule has 0 heterocycles. The highest BCUT2D eigenvalue weighted by Gasteiger charge is 2.31. The molecular weight excluding hydrogens is 357 g/mol. The molecule has 25 heavy (non-hydrogen) atoms. The van der Waals surface area contributed by atoms with Gasteiger partial charge in [0, 0.05) is 12.5 Å². The molecule has 0 aliphatic heterocycles. The number of carbonyl (C=O) groups excluding carboxylic acids is 1. The van der Waals surface area contributed by atoms with Gasteiger partial charge in [0.05, 0.1) is 24.1 Å². The van der Waals surface area contributed by atoms with Crippen LogP contribution in [0.5, 0.6) is 0 Å². The normalized spacial score (nSPS) is 12.3. The lowest BCUT2D eigenvalue weighted by Gasteiger charge is -2.24. The number of hydrogen-bond donors (Lipinski definition) is 1. The molecule has 1 aromatic carbocycles. The summed E-state index contributed by atoms with van der Waals surface area (Å²) >= 11 is 0. The molecule has 0 saturated heterocycles. The number of amides is 1. The Bertz CT molecular complexity index is 686. The van der Waals surface area contributed by atoms with Gasteiger partial charge in [-0.3, -0.25) is 9.10 Å². The monoisotopic (exact) mass is 380 g/mol. The second-order valence-electron chi connectivity index (χ2n) is 5.69. The minimum atomic E-state index is -4.57. The zero-order valence-electron chi connectivity index (χ0n) is 14.4. The fraction of sp³-hybridized carbons (Fsp3) is 0.562. The van der Waals surface area contributed by atoms with Crippen LogP contribution < -0.4 is 9.62 Å². The molecule has 0 fully saturated rings. The number of anilines is 1. The number of rotatable bonds is 8. The van der Waals surface area contributed by atoms with Gasteiger partial charge in [0.15, 0.2) is 0 Å². The second kappa shape index (κ2) is 8.55. The van der Waals surface area contributed by atoms with Crippen molar-refractivity contribution in [2.75, 3.05) is 23.7 Å². The maximum atomic E-state index is 12.8. The standard InChI is InChI=1S/C16H23F3N2O3S/c1-4-12(5-2)15(22)20-9-10-21(25(3,23)24)14-8-6-7-13(11-14)16(17,18)19/h6-8,11-12H,4-5,9-10H2,1-3H3,(H,20,22). The Balaban J connectivity index is 2.92. The molecule has 5 nitrogen and oxygen atoms in total. The third-order valence-electron chi connectivity index (χ3n) is 3.83. The van der Waals surface area contributed by atoms with Crippen molar-refractivity contribution in [3.8, 4) is 0 Å². The van der Waals surface area contributed by atoms with E-state index >= 15 is 0 Å². The van der Waals surface area contributed by atoms with Crippen LogP contribution in [0.3, 0.4) is 0 Å². The summed E-state index contributed by atoms with van der Waals surface area (Å²) in [4.78, 5) is 11.9. The van der Waals surface area contributed by atoms with Crippen LogP contribution >= 0.6 is 0 Å². The van der Waals surface area contributed by atoms with Crippen molar-refractivity contribution in [2.45, 2.75) is 32.9 Å². The molecule has 0 bridgehead atoms. The number of hydrogen-bond acceptors (Lipinski definition) is 3. The number of halogens is 3. The van der Waals surface area contributed by atoms with Gasteiger partial charge < -0.3 is 5.32 Å². The molecule has 9 heteroatoms. The predicted octanol–water partition coefficient (Wildman–Crippen LogP) is 3.02. The van der Waals surface area contributed by atoms with Crippen LogP contribution in [0, 0.1) is 5.92 Å². The highest BCUT2D eigenvalue weighted by molar-refractivity contribution is 7.92. The zero-order valence-corrected chi connectivity index (χ0v) is 15.2. The molecule has 1 rings (SSSR count). The largest absolute Gasteiger partial charge is 0.416 e. The van der Waals surface area contributed by atoms with Crippen LogP contribution in [0.15, 0.2) is 24.3 Å². The first kappa shape index (κ1) is 21.3. The molecule has 0 radical (unpaired) electrons. The van der Waals surface area contributed by atoms with Crippen LogP contribution in [-0.4, -0.2) is 33.7 Å². The van der Waals surface area contributed by atoms with Crippen LogP contribution in [-0.2, 0) is 21.0 Å². The van der Waals surface area contributed by atoms with E-state index in [1.807, 2.05) is 13.8 Å². The molecule has 1 aromatic rings. The average molecular weight is 380 g/mol. The van der Waals surface area contributed by atoms with Crippen molar-refractivity contribution in [3.63, 3.8) is 0 Å².